The van der Waals surface area contributed by atoms with Gasteiger partial charge in [-0.15, -0.1) is 0 Å². The molecule has 5 heteroatoms. The van der Waals surface area contributed by atoms with Crippen LogP contribution in [0.5, 0.6) is 0 Å². The van der Waals surface area contributed by atoms with Crippen LogP contribution >= 0.6 is 0 Å². The number of hydrogen-bond donors (Lipinski definition) is 2. The zero-order valence-corrected chi connectivity index (χ0v) is 12.0. The molecule has 19 heavy (non-hydrogen) atoms. The molecule has 1 aromatic carbocycles. The standard InChI is InChI=1S/C14H21NO3S/c1-11-6-5-7-12(10-11)19(17,18)15-13-8-3-2-4-9-14(13)16/h5-7,10,13-16H,2-4,8-9H2,1H3. The van der Waals surface area contributed by atoms with Crippen LogP contribution in [0.15, 0.2) is 29.2 Å². The Balaban J connectivity index is 2.16. The zero-order valence-electron chi connectivity index (χ0n) is 11.2. The Morgan fingerprint density at radius 1 is 1.21 bits per heavy atom. The predicted octanol–water partition coefficient (Wildman–Crippen LogP) is 1.97. The second-order valence-electron chi connectivity index (χ2n) is 5.25. The fraction of sp³-hybridized carbons (Fsp3) is 0.571. The minimum absolute atomic E-state index is 0.268. The predicted molar refractivity (Wildman–Crippen MR) is 74.4 cm³/mol. The Morgan fingerprint density at radius 2 is 1.95 bits per heavy atom. The van der Waals surface area contributed by atoms with Crippen LogP contribution in [-0.4, -0.2) is 25.7 Å². The Kier molecular flexibility index (Phi) is 4.60. The van der Waals surface area contributed by atoms with Gasteiger partial charge in [-0.1, -0.05) is 31.4 Å². The molecule has 2 unspecified atom stereocenters. The van der Waals surface area contributed by atoms with Crippen LogP contribution < -0.4 is 4.72 Å². The van der Waals surface area contributed by atoms with Crippen LogP contribution in [0.4, 0.5) is 0 Å². The van der Waals surface area contributed by atoms with Crippen LogP contribution in [0, 0.1) is 6.92 Å². The highest BCUT2D eigenvalue weighted by Gasteiger charge is 2.26. The molecular formula is C14H21NO3S. The lowest BCUT2D eigenvalue weighted by molar-refractivity contribution is 0.130. The molecule has 106 valence electrons. The molecular weight excluding hydrogens is 262 g/mol. The molecule has 1 saturated carbocycles. The molecule has 0 aromatic heterocycles. The third kappa shape index (κ3) is 3.78. The molecule has 1 aliphatic rings. The van der Waals surface area contributed by atoms with Crippen molar-refractivity contribution in [2.75, 3.05) is 0 Å². The fourth-order valence-corrected chi connectivity index (χ4v) is 3.88. The molecule has 0 heterocycles. The smallest absolute Gasteiger partial charge is 0.240 e. The lowest BCUT2D eigenvalue weighted by Crippen LogP contribution is -2.42. The number of benzene rings is 1. The van der Waals surface area contributed by atoms with Gasteiger partial charge in [-0.25, -0.2) is 13.1 Å². The quantitative estimate of drug-likeness (QED) is 0.833. The van der Waals surface area contributed by atoms with Crippen molar-refractivity contribution in [2.24, 2.45) is 0 Å². The highest BCUT2D eigenvalue weighted by Crippen LogP contribution is 2.20. The maximum Gasteiger partial charge on any atom is 0.240 e. The Morgan fingerprint density at radius 3 is 2.68 bits per heavy atom. The number of aliphatic hydroxyl groups is 1. The second-order valence-corrected chi connectivity index (χ2v) is 6.96. The van der Waals surface area contributed by atoms with Gasteiger partial charge in [0, 0.05) is 6.04 Å². The van der Waals surface area contributed by atoms with Gasteiger partial charge in [0.05, 0.1) is 11.0 Å². The largest absolute Gasteiger partial charge is 0.391 e. The van der Waals surface area contributed by atoms with Crippen molar-refractivity contribution in [1.29, 1.82) is 0 Å². The van der Waals surface area contributed by atoms with E-state index in [1.54, 1.807) is 18.2 Å². The van der Waals surface area contributed by atoms with Gasteiger partial charge in [-0.3, -0.25) is 0 Å². The third-order valence-corrected chi connectivity index (χ3v) is 5.07. The number of hydrogen-bond acceptors (Lipinski definition) is 3. The van der Waals surface area contributed by atoms with Crippen LogP contribution in [0.25, 0.3) is 0 Å². The van der Waals surface area contributed by atoms with Crippen LogP contribution in [0.2, 0.25) is 0 Å². The van der Waals surface area contributed by atoms with Crippen LogP contribution in [0.1, 0.15) is 37.7 Å². The molecule has 2 rings (SSSR count). The number of aryl methyl sites for hydroxylation is 1. The van der Waals surface area contributed by atoms with Gasteiger partial charge in [-0.05, 0) is 37.5 Å². The van der Waals surface area contributed by atoms with Crippen molar-refractivity contribution < 1.29 is 13.5 Å². The first kappa shape index (κ1) is 14.5. The third-order valence-electron chi connectivity index (χ3n) is 3.59. The molecule has 4 nitrogen and oxygen atoms in total. The van der Waals surface area contributed by atoms with Gasteiger partial charge in [0.1, 0.15) is 0 Å². The van der Waals surface area contributed by atoms with Crippen molar-refractivity contribution in [3.63, 3.8) is 0 Å². The minimum Gasteiger partial charge on any atom is -0.391 e. The van der Waals surface area contributed by atoms with Crippen molar-refractivity contribution >= 4 is 10.0 Å². The topological polar surface area (TPSA) is 66.4 Å². The average molecular weight is 283 g/mol. The van der Waals surface area contributed by atoms with Gasteiger partial charge in [0.15, 0.2) is 0 Å². The number of sulfonamides is 1. The van der Waals surface area contributed by atoms with E-state index >= 15 is 0 Å². The monoisotopic (exact) mass is 283 g/mol. The van der Waals surface area contributed by atoms with Crippen LogP contribution in [0.3, 0.4) is 0 Å². The van der Waals surface area contributed by atoms with E-state index in [1.165, 1.54) is 0 Å². The van der Waals surface area contributed by atoms with Crippen molar-refractivity contribution in [3.8, 4) is 0 Å². The van der Waals surface area contributed by atoms with E-state index in [1.807, 2.05) is 13.0 Å². The molecule has 0 radical (unpaired) electrons. The average Bonchev–Trinajstić information content (AvgIpc) is 2.55. The molecule has 0 aliphatic heterocycles. The lowest BCUT2D eigenvalue weighted by atomic mass is 10.1. The van der Waals surface area contributed by atoms with E-state index < -0.39 is 16.1 Å². The Labute approximate surface area is 114 Å². The lowest BCUT2D eigenvalue weighted by Gasteiger charge is -2.21. The van der Waals surface area contributed by atoms with E-state index in [2.05, 4.69) is 4.72 Å². The van der Waals surface area contributed by atoms with E-state index in [4.69, 9.17) is 0 Å². The molecule has 0 spiro atoms. The molecule has 1 aliphatic carbocycles. The summed E-state index contributed by atoms with van der Waals surface area (Å²) >= 11 is 0. The second kappa shape index (κ2) is 6.03. The molecule has 0 amide bonds. The molecule has 0 bridgehead atoms. The summed E-state index contributed by atoms with van der Waals surface area (Å²) in [5.74, 6) is 0. The summed E-state index contributed by atoms with van der Waals surface area (Å²) in [6.07, 6.45) is 3.76. The normalized spacial score (nSPS) is 24.9. The summed E-state index contributed by atoms with van der Waals surface area (Å²) < 4.78 is 27.2. The maximum atomic E-state index is 12.3. The van der Waals surface area contributed by atoms with Crippen molar-refractivity contribution in [2.45, 2.75) is 56.1 Å². The number of nitrogens with one attached hydrogen (secondary N) is 1. The molecule has 2 N–H and O–H groups in total. The molecule has 2 atom stereocenters. The van der Waals surface area contributed by atoms with Crippen molar-refractivity contribution in [3.05, 3.63) is 29.8 Å². The molecule has 1 fully saturated rings. The molecule has 0 saturated heterocycles. The minimum atomic E-state index is -3.54. The van der Waals surface area contributed by atoms with Crippen LogP contribution in [-0.2, 0) is 10.0 Å². The number of aliphatic hydroxyl groups excluding tert-OH is 1. The van der Waals surface area contributed by atoms with Gasteiger partial charge in [0.25, 0.3) is 0 Å². The summed E-state index contributed by atoms with van der Waals surface area (Å²) in [5.41, 5.74) is 0.907. The summed E-state index contributed by atoms with van der Waals surface area (Å²) in [5, 5.41) is 9.99. The first-order valence-corrected chi connectivity index (χ1v) is 8.24. The van der Waals surface area contributed by atoms with Gasteiger partial charge in [-0.2, -0.15) is 0 Å². The first-order chi connectivity index (χ1) is 8.99. The SMILES string of the molecule is Cc1cccc(S(=O)(=O)NC2CCCCCC2O)c1. The van der Waals surface area contributed by atoms with E-state index in [0.29, 0.717) is 12.8 Å². The number of rotatable bonds is 3. The van der Waals surface area contributed by atoms with E-state index in [-0.39, 0.29) is 10.9 Å². The maximum absolute atomic E-state index is 12.3. The molecule has 1 aromatic rings. The fourth-order valence-electron chi connectivity index (χ4n) is 2.48. The van der Waals surface area contributed by atoms with Gasteiger partial charge in [0.2, 0.25) is 10.0 Å². The zero-order chi connectivity index (χ0) is 13.9. The highest BCUT2D eigenvalue weighted by atomic mass is 32.2. The highest BCUT2D eigenvalue weighted by molar-refractivity contribution is 7.89. The van der Waals surface area contributed by atoms with Gasteiger partial charge >= 0.3 is 0 Å². The summed E-state index contributed by atoms with van der Waals surface area (Å²) in [6.45, 7) is 1.86. The summed E-state index contributed by atoms with van der Waals surface area (Å²) in [7, 11) is -3.54. The summed E-state index contributed by atoms with van der Waals surface area (Å²) in [6, 6.07) is 6.45. The summed E-state index contributed by atoms with van der Waals surface area (Å²) in [4.78, 5) is 0.268. The van der Waals surface area contributed by atoms with E-state index in [9.17, 15) is 13.5 Å². The van der Waals surface area contributed by atoms with E-state index in [0.717, 1.165) is 24.8 Å². The van der Waals surface area contributed by atoms with Gasteiger partial charge < -0.3 is 5.11 Å². The Hall–Kier alpha value is -0.910. The first-order valence-electron chi connectivity index (χ1n) is 6.76. The van der Waals surface area contributed by atoms with Crippen molar-refractivity contribution in [1.82, 2.24) is 4.72 Å². The Bertz CT molecular complexity index is 527.